The second kappa shape index (κ2) is 9.17. The van der Waals surface area contributed by atoms with E-state index in [-0.39, 0.29) is 11.7 Å². The van der Waals surface area contributed by atoms with Crippen LogP contribution in [-0.2, 0) is 11.3 Å². The van der Waals surface area contributed by atoms with Crippen molar-refractivity contribution in [3.05, 3.63) is 42.5 Å². The van der Waals surface area contributed by atoms with Gasteiger partial charge in [0.15, 0.2) is 5.16 Å². The largest absolute Gasteiger partial charge is 0.497 e. The maximum Gasteiger partial charge on any atom is 0.234 e. The molecule has 10 heteroatoms. The summed E-state index contributed by atoms with van der Waals surface area (Å²) in [7, 11) is 4.77. The first-order valence-electron chi connectivity index (χ1n) is 9.62. The van der Waals surface area contributed by atoms with Crippen molar-refractivity contribution in [2.75, 3.05) is 43.8 Å². The first-order chi connectivity index (χ1) is 15.1. The number of nitrogens with zero attached hydrogens (tertiary/aromatic N) is 4. The van der Waals surface area contributed by atoms with Gasteiger partial charge in [-0.3, -0.25) is 9.36 Å². The van der Waals surface area contributed by atoms with Gasteiger partial charge in [-0.2, -0.15) is 0 Å². The molecule has 2 heterocycles. The number of hydrogen-bond acceptors (Lipinski definition) is 8. The van der Waals surface area contributed by atoms with Gasteiger partial charge in [-0.25, -0.2) is 0 Å². The number of hydrogen-bond donors (Lipinski definition) is 1. The molecular formula is C21H23N5O4S. The number of rotatable bonds is 8. The lowest BCUT2D eigenvalue weighted by Crippen LogP contribution is -2.15. The number of fused-ring (bicyclic) bond motifs is 1. The van der Waals surface area contributed by atoms with Crippen molar-refractivity contribution in [3.63, 3.8) is 0 Å². The highest BCUT2D eigenvalue weighted by atomic mass is 32.2. The zero-order valence-electron chi connectivity index (χ0n) is 17.5. The summed E-state index contributed by atoms with van der Waals surface area (Å²) in [4.78, 5) is 14.6. The normalized spacial score (nSPS) is 12.4. The Hall–Kier alpha value is -3.40. The van der Waals surface area contributed by atoms with E-state index >= 15 is 0 Å². The van der Waals surface area contributed by atoms with E-state index in [0.717, 1.165) is 30.5 Å². The van der Waals surface area contributed by atoms with Crippen molar-refractivity contribution in [1.29, 1.82) is 0 Å². The van der Waals surface area contributed by atoms with Crippen molar-refractivity contribution in [2.24, 2.45) is 0 Å². The Bertz CT molecular complexity index is 1070. The molecule has 0 unspecified atom stereocenters. The molecule has 31 heavy (non-hydrogen) atoms. The summed E-state index contributed by atoms with van der Waals surface area (Å²) in [5.41, 5.74) is 1.58. The highest BCUT2D eigenvalue weighted by molar-refractivity contribution is 7.99. The molecule has 0 aliphatic carbocycles. The molecule has 0 bridgehead atoms. The van der Waals surface area contributed by atoms with Crippen LogP contribution in [0.2, 0.25) is 0 Å². The van der Waals surface area contributed by atoms with Crippen molar-refractivity contribution in [3.8, 4) is 17.2 Å². The fourth-order valence-electron chi connectivity index (χ4n) is 3.32. The molecular weight excluding hydrogens is 418 g/mol. The first-order valence-corrected chi connectivity index (χ1v) is 10.6. The van der Waals surface area contributed by atoms with Crippen LogP contribution in [0.25, 0.3) is 0 Å². The average molecular weight is 442 g/mol. The molecule has 3 aromatic rings. The van der Waals surface area contributed by atoms with Crippen molar-refractivity contribution < 1.29 is 19.0 Å². The zero-order valence-corrected chi connectivity index (χ0v) is 18.3. The number of methoxy groups -OCH3 is 3. The number of ether oxygens (including phenoxy) is 3. The molecule has 0 saturated heterocycles. The van der Waals surface area contributed by atoms with E-state index in [4.69, 9.17) is 14.2 Å². The Balaban J connectivity index is 1.41. The highest BCUT2D eigenvalue weighted by Crippen LogP contribution is 2.33. The Labute approximate surface area is 184 Å². The van der Waals surface area contributed by atoms with Gasteiger partial charge in [0.05, 0.1) is 32.8 Å². The van der Waals surface area contributed by atoms with Crippen LogP contribution in [0.3, 0.4) is 0 Å². The maximum atomic E-state index is 12.5. The Morgan fingerprint density at radius 1 is 1.00 bits per heavy atom. The molecule has 1 N–H and O–H groups in total. The minimum Gasteiger partial charge on any atom is -0.497 e. The standard InChI is InChI=1S/C21H23N5O4S/c1-28-15-6-4-14(5-7-15)25-10-11-26-20(25)23-24-21(26)31-13-19(27)22-17-12-16(29-2)8-9-18(17)30-3/h4-9,12H,10-11,13H2,1-3H3,(H,22,27). The summed E-state index contributed by atoms with van der Waals surface area (Å²) in [5.74, 6) is 2.80. The van der Waals surface area contributed by atoms with E-state index in [1.54, 1.807) is 39.5 Å². The van der Waals surface area contributed by atoms with E-state index in [1.165, 1.54) is 11.8 Å². The lowest BCUT2D eigenvalue weighted by molar-refractivity contribution is -0.113. The van der Waals surface area contributed by atoms with E-state index in [9.17, 15) is 4.79 Å². The van der Waals surface area contributed by atoms with Crippen molar-refractivity contribution in [1.82, 2.24) is 14.8 Å². The number of amides is 1. The molecule has 162 valence electrons. The molecule has 4 rings (SSSR count). The minimum absolute atomic E-state index is 0.168. The molecule has 1 aromatic heterocycles. The number of thioether (sulfide) groups is 1. The highest BCUT2D eigenvalue weighted by Gasteiger charge is 2.26. The molecule has 0 atom stereocenters. The maximum absolute atomic E-state index is 12.5. The van der Waals surface area contributed by atoms with Crippen LogP contribution in [0.4, 0.5) is 17.3 Å². The lowest BCUT2D eigenvalue weighted by atomic mass is 10.2. The van der Waals surface area contributed by atoms with Crippen LogP contribution < -0.4 is 24.4 Å². The van der Waals surface area contributed by atoms with Gasteiger partial charge < -0.3 is 24.4 Å². The predicted molar refractivity (Wildman–Crippen MR) is 119 cm³/mol. The number of benzene rings is 2. The second-order valence-corrected chi connectivity index (χ2v) is 7.63. The molecule has 0 radical (unpaired) electrons. The summed E-state index contributed by atoms with van der Waals surface area (Å²) in [5, 5.41) is 12.2. The predicted octanol–water partition coefficient (Wildman–Crippen LogP) is 3.19. The van der Waals surface area contributed by atoms with Crippen LogP contribution in [0, 0.1) is 0 Å². The molecule has 0 fully saturated rings. The van der Waals surface area contributed by atoms with Crippen molar-refractivity contribution >= 4 is 35.0 Å². The average Bonchev–Trinajstić information content (AvgIpc) is 3.40. The third kappa shape index (κ3) is 4.38. The fourth-order valence-corrected chi connectivity index (χ4v) is 4.08. The molecule has 0 saturated carbocycles. The van der Waals surface area contributed by atoms with Gasteiger partial charge in [-0.05, 0) is 36.4 Å². The fraction of sp³-hybridized carbons (Fsp3) is 0.286. The van der Waals surface area contributed by atoms with Crippen LogP contribution in [-0.4, -0.2) is 54.3 Å². The SMILES string of the molecule is COc1ccc(N2CCn3c(SCC(=O)Nc4cc(OC)ccc4OC)nnc32)cc1. The summed E-state index contributed by atoms with van der Waals surface area (Å²) < 4.78 is 17.8. The van der Waals surface area contributed by atoms with Gasteiger partial charge in [-0.1, -0.05) is 11.8 Å². The molecule has 1 aliphatic rings. The second-order valence-electron chi connectivity index (χ2n) is 6.69. The van der Waals surface area contributed by atoms with Crippen molar-refractivity contribution in [2.45, 2.75) is 11.7 Å². The Morgan fingerprint density at radius 3 is 2.45 bits per heavy atom. The van der Waals surface area contributed by atoms with Gasteiger partial charge in [0.2, 0.25) is 11.9 Å². The third-order valence-electron chi connectivity index (χ3n) is 4.88. The lowest BCUT2D eigenvalue weighted by Gasteiger charge is -2.15. The van der Waals surface area contributed by atoms with Crippen LogP contribution in [0.5, 0.6) is 17.2 Å². The monoisotopic (exact) mass is 441 g/mol. The minimum atomic E-state index is -0.168. The van der Waals surface area contributed by atoms with Gasteiger partial charge in [-0.15, -0.1) is 10.2 Å². The third-order valence-corrected chi connectivity index (χ3v) is 5.85. The van der Waals surface area contributed by atoms with Gasteiger partial charge in [0.1, 0.15) is 17.2 Å². The first kappa shape index (κ1) is 20.9. The van der Waals surface area contributed by atoms with Crippen LogP contribution >= 0.6 is 11.8 Å². The summed E-state index contributed by atoms with van der Waals surface area (Å²) in [6.45, 7) is 1.54. The zero-order chi connectivity index (χ0) is 21.8. The summed E-state index contributed by atoms with van der Waals surface area (Å²) >= 11 is 1.35. The molecule has 2 aromatic carbocycles. The summed E-state index contributed by atoms with van der Waals surface area (Å²) in [6.07, 6.45) is 0. The van der Waals surface area contributed by atoms with E-state index in [1.807, 2.05) is 28.8 Å². The number of carbonyl (C=O) groups is 1. The molecule has 1 amide bonds. The van der Waals surface area contributed by atoms with E-state index < -0.39 is 0 Å². The van der Waals surface area contributed by atoms with Gasteiger partial charge in [0, 0.05) is 24.8 Å². The molecule has 1 aliphatic heterocycles. The van der Waals surface area contributed by atoms with E-state index in [2.05, 4.69) is 20.4 Å². The Morgan fingerprint density at radius 2 is 1.74 bits per heavy atom. The number of aromatic nitrogens is 3. The van der Waals surface area contributed by atoms with E-state index in [0.29, 0.717) is 22.3 Å². The van der Waals surface area contributed by atoms with Crippen LogP contribution in [0.15, 0.2) is 47.6 Å². The Kier molecular flexibility index (Phi) is 6.17. The van der Waals surface area contributed by atoms with Crippen LogP contribution in [0.1, 0.15) is 0 Å². The molecule has 9 nitrogen and oxygen atoms in total. The smallest absolute Gasteiger partial charge is 0.234 e. The number of carbonyl (C=O) groups excluding carboxylic acids is 1. The summed E-state index contributed by atoms with van der Waals surface area (Å²) in [6, 6.07) is 13.1. The number of anilines is 3. The van der Waals surface area contributed by atoms with Gasteiger partial charge in [0.25, 0.3) is 0 Å². The number of nitrogens with one attached hydrogen (secondary N) is 1. The topological polar surface area (TPSA) is 90.7 Å². The molecule has 0 spiro atoms. The van der Waals surface area contributed by atoms with Gasteiger partial charge >= 0.3 is 0 Å². The quantitative estimate of drug-likeness (QED) is 0.533.